The lowest BCUT2D eigenvalue weighted by atomic mass is 10.1. The highest BCUT2D eigenvalue weighted by Gasteiger charge is 2.10. The number of aromatic hydroxyl groups is 1. The molecule has 3 aromatic rings. The van der Waals surface area contributed by atoms with Crippen molar-refractivity contribution in [3.8, 4) is 17.6 Å². The number of nitrogens with one attached hydrogen (secondary N) is 1. The molecule has 0 radical (unpaired) electrons. The molecule has 3 rings (SSSR count). The molecule has 0 saturated carbocycles. The number of rotatable bonds is 6. The number of phenolic OH excluding ortho intramolecular Hbond substituents is 1. The fraction of sp³-hybridized carbons (Fsp3) is 0.0435. The van der Waals surface area contributed by atoms with E-state index in [2.05, 4.69) is 5.32 Å². The van der Waals surface area contributed by atoms with Gasteiger partial charge in [0.2, 0.25) is 0 Å². The van der Waals surface area contributed by atoms with Gasteiger partial charge in [0.05, 0.1) is 0 Å². The van der Waals surface area contributed by atoms with Crippen molar-refractivity contribution in [3.63, 3.8) is 0 Å². The van der Waals surface area contributed by atoms with Crippen LogP contribution in [0, 0.1) is 11.3 Å². The molecule has 0 aliphatic heterocycles. The van der Waals surface area contributed by atoms with Gasteiger partial charge in [-0.2, -0.15) is 5.26 Å². The van der Waals surface area contributed by atoms with Crippen LogP contribution in [0.3, 0.4) is 0 Å². The zero-order valence-corrected chi connectivity index (χ0v) is 15.0. The van der Waals surface area contributed by atoms with E-state index < -0.39 is 5.91 Å². The van der Waals surface area contributed by atoms with Crippen LogP contribution in [-0.4, -0.2) is 11.0 Å². The zero-order valence-electron chi connectivity index (χ0n) is 15.0. The van der Waals surface area contributed by atoms with Crippen LogP contribution in [0.4, 0.5) is 5.69 Å². The van der Waals surface area contributed by atoms with Gasteiger partial charge in [-0.1, -0.05) is 42.5 Å². The van der Waals surface area contributed by atoms with Crippen molar-refractivity contribution < 1.29 is 14.6 Å². The van der Waals surface area contributed by atoms with Crippen LogP contribution in [0.2, 0.25) is 0 Å². The summed E-state index contributed by atoms with van der Waals surface area (Å²) in [4.78, 5) is 12.3. The van der Waals surface area contributed by atoms with E-state index in [4.69, 9.17) is 4.74 Å². The minimum atomic E-state index is -0.524. The largest absolute Gasteiger partial charge is 0.508 e. The molecular weight excluding hydrogens is 352 g/mol. The fourth-order valence-electron chi connectivity index (χ4n) is 2.49. The Balaban J connectivity index is 1.70. The lowest BCUT2D eigenvalue weighted by Crippen LogP contribution is -2.13. The lowest BCUT2D eigenvalue weighted by Gasteiger charge is -2.07. The molecule has 0 atom stereocenters. The number of hydrogen-bond donors (Lipinski definition) is 2. The topological polar surface area (TPSA) is 82.3 Å². The Labute approximate surface area is 163 Å². The maximum atomic E-state index is 12.3. The molecule has 0 bridgehead atoms. The SMILES string of the molecule is N#C/C(=C/c1cccc(OCc2ccccc2)c1)C(=O)Nc1ccc(O)cc1. The molecular formula is C23H18N2O3. The summed E-state index contributed by atoms with van der Waals surface area (Å²) in [6.07, 6.45) is 1.51. The Morgan fingerprint density at radius 1 is 1.04 bits per heavy atom. The van der Waals surface area contributed by atoms with Gasteiger partial charge in [-0.3, -0.25) is 4.79 Å². The molecule has 28 heavy (non-hydrogen) atoms. The molecule has 0 aliphatic carbocycles. The van der Waals surface area contributed by atoms with Gasteiger partial charge in [-0.25, -0.2) is 0 Å². The molecule has 0 unspecified atom stereocenters. The number of ether oxygens (including phenoxy) is 1. The number of amides is 1. The van der Waals surface area contributed by atoms with Gasteiger partial charge < -0.3 is 15.2 Å². The fourth-order valence-corrected chi connectivity index (χ4v) is 2.49. The minimum absolute atomic E-state index is 0.0340. The van der Waals surface area contributed by atoms with Gasteiger partial charge in [0, 0.05) is 5.69 Å². The summed E-state index contributed by atoms with van der Waals surface area (Å²) >= 11 is 0. The number of hydrogen-bond acceptors (Lipinski definition) is 4. The van der Waals surface area contributed by atoms with Crippen LogP contribution in [0.5, 0.6) is 11.5 Å². The predicted molar refractivity (Wildman–Crippen MR) is 108 cm³/mol. The van der Waals surface area contributed by atoms with Crippen molar-refractivity contribution in [2.75, 3.05) is 5.32 Å². The van der Waals surface area contributed by atoms with E-state index in [0.29, 0.717) is 23.6 Å². The average Bonchev–Trinajstić information content (AvgIpc) is 2.73. The second-order valence-electron chi connectivity index (χ2n) is 6.02. The van der Waals surface area contributed by atoms with Crippen LogP contribution in [0.15, 0.2) is 84.4 Å². The number of nitrogens with zero attached hydrogens (tertiary/aromatic N) is 1. The molecule has 138 valence electrons. The van der Waals surface area contributed by atoms with Crippen LogP contribution in [0.1, 0.15) is 11.1 Å². The summed E-state index contributed by atoms with van der Waals surface area (Å²) < 4.78 is 5.78. The van der Waals surface area contributed by atoms with E-state index >= 15 is 0 Å². The Morgan fingerprint density at radius 3 is 2.50 bits per heavy atom. The van der Waals surface area contributed by atoms with Crippen LogP contribution >= 0.6 is 0 Å². The van der Waals surface area contributed by atoms with E-state index in [1.165, 1.54) is 18.2 Å². The first-order chi connectivity index (χ1) is 13.6. The summed E-state index contributed by atoms with van der Waals surface area (Å²) in [6.45, 7) is 0.431. The highest BCUT2D eigenvalue weighted by molar-refractivity contribution is 6.09. The minimum Gasteiger partial charge on any atom is -0.508 e. The Bertz CT molecular complexity index is 1020. The van der Waals surface area contributed by atoms with E-state index in [1.54, 1.807) is 30.3 Å². The number of anilines is 1. The van der Waals surface area contributed by atoms with E-state index in [1.807, 2.05) is 42.5 Å². The van der Waals surface area contributed by atoms with Crippen LogP contribution in [-0.2, 0) is 11.4 Å². The molecule has 0 fully saturated rings. The van der Waals surface area contributed by atoms with Crippen molar-refractivity contribution in [2.45, 2.75) is 6.61 Å². The molecule has 1 amide bonds. The Hall–Kier alpha value is -4.04. The van der Waals surface area contributed by atoms with E-state index in [0.717, 1.165) is 5.56 Å². The van der Waals surface area contributed by atoms with Crippen molar-refractivity contribution in [1.82, 2.24) is 0 Å². The molecule has 5 heteroatoms. The normalized spacial score (nSPS) is 10.8. The van der Waals surface area contributed by atoms with Crippen molar-refractivity contribution in [3.05, 3.63) is 95.6 Å². The van der Waals surface area contributed by atoms with Gasteiger partial charge >= 0.3 is 0 Å². The predicted octanol–water partition coefficient (Wildman–Crippen LogP) is 4.52. The number of benzene rings is 3. The first kappa shape index (κ1) is 18.7. The quantitative estimate of drug-likeness (QED) is 0.380. The maximum absolute atomic E-state index is 12.3. The number of nitriles is 1. The summed E-state index contributed by atoms with van der Waals surface area (Å²) in [7, 11) is 0. The second-order valence-corrected chi connectivity index (χ2v) is 6.02. The highest BCUT2D eigenvalue weighted by Crippen LogP contribution is 2.19. The summed E-state index contributed by atoms with van der Waals surface area (Å²) in [5, 5.41) is 21.3. The summed E-state index contributed by atoms with van der Waals surface area (Å²) in [5.74, 6) is 0.221. The molecule has 3 aromatic carbocycles. The van der Waals surface area contributed by atoms with Gasteiger partial charge in [-0.05, 0) is 53.6 Å². The molecule has 0 saturated heterocycles. The van der Waals surface area contributed by atoms with Gasteiger partial charge in [0.15, 0.2) is 0 Å². The van der Waals surface area contributed by atoms with Crippen LogP contribution in [0.25, 0.3) is 6.08 Å². The monoisotopic (exact) mass is 370 g/mol. The molecule has 0 spiro atoms. The summed E-state index contributed by atoms with van der Waals surface area (Å²) in [6, 6.07) is 24.9. The van der Waals surface area contributed by atoms with Gasteiger partial charge in [-0.15, -0.1) is 0 Å². The number of phenols is 1. The molecule has 5 nitrogen and oxygen atoms in total. The first-order valence-corrected chi connectivity index (χ1v) is 8.63. The average molecular weight is 370 g/mol. The number of carbonyl (C=O) groups is 1. The van der Waals surface area contributed by atoms with Gasteiger partial charge in [0.1, 0.15) is 29.7 Å². The van der Waals surface area contributed by atoms with Gasteiger partial charge in [0.25, 0.3) is 5.91 Å². The highest BCUT2D eigenvalue weighted by atomic mass is 16.5. The van der Waals surface area contributed by atoms with Crippen LogP contribution < -0.4 is 10.1 Å². The second kappa shape index (κ2) is 9.06. The molecule has 0 aliphatic rings. The van der Waals surface area contributed by atoms with Crippen molar-refractivity contribution in [2.24, 2.45) is 0 Å². The Morgan fingerprint density at radius 2 is 1.79 bits per heavy atom. The zero-order chi connectivity index (χ0) is 19.8. The third-order valence-electron chi connectivity index (χ3n) is 3.91. The summed E-state index contributed by atoms with van der Waals surface area (Å²) in [5.41, 5.74) is 2.19. The number of carbonyl (C=O) groups excluding carboxylic acids is 1. The van der Waals surface area contributed by atoms with Crippen molar-refractivity contribution in [1.29, 1.82) is 5.26 Å². The van der Waals surface area contributed by atoms with Crippen molar-refractivity contribution >= 4 is 17.7 Å². The van der Waals surface area contributed by atoms with E-state index in [9.17, 15) is 15.2 Å². The Kier molecular flexibility index (Phi) is 6.06. The molecule has 0 aromatic heterocycles. The molecule has 0 heterocycles. The lowest BCUT2D eigenvalue weighted by molar-refractivity contribution is -0.112. The third-order valence-corrected chi connectivity index (χ3v) is 3.91. The smallest absolute Gasteiger partial charge is 0.266 e. The third kappa shape index (κ3) is 5.23. The standard InChI is InChI=1S/C23H18N2O3/c24-15-19(23(27)25-20-9-11-21(26)12-10-20)13-18-7-4-8-22(14-18)28-16-17-5-2-1-3-6-17/h1-14,26H,16H2,(H,25,27)/b19-13-. The molecule has 2 N–H and O–H groups in total. The maximum Gasteiger partial charge on any atom is 0.266 e. The first-order valence-electron chi connectivity index (χ1n) is 8.63. The van der Waals surface area contributed by atoms with E-state index in [-0.39, 0.29) is 11.3 Å².